The zero-order chi connectivity index (χ0) is 36.0. The van der Waals surface area contributed by atoms with Crippen molar-refractivity contribution >= 4 is 59.0 Å². The molecule has 0 radical (unpaired) electrons. The number of piperazine rings is 1. The number of nitrogens with one attached hydrogen (secondary N) is 2. The van der Waals surface area contributed by atoms with Crippen molar-refractivity contribution in [2.45, 2.75) is 50.2 Å². The maximum Gasteiger partial charge on any atom is 0.435 e. The minimum absolute atomic E-state index is 0. The lowest BCUT2D eigenvalue weighted by Gasteiger charge is -2.50. The number of alkyl halides is 4. The van der Waals surface area contributed by atoms with E-state index in [1.165, 1.54) is 42.2 Å². The number of aromatic nitrogens is 4. The molecule has 3 N–H and O–H groups in total. The lowest BCUT2D eigenvalue weighted by Crippen LogP contribution is -2.52. The predicted octanol–water partition coefficient (Wildman–Crippen LogP) is 4.68. The highest BCUT2D eigenvalue weighted by atomic mass is 35.5. The van der Waals surface area contributed by atoms with Crippen LogP contribution in [0.5, 0.6) is 0 Å². The minimum Gasteiger partial charge on any atom is -0.396 e. The van der Waals surface area contributed by atoms with Crippen LogP contribution >= 0.6 is 35.6 Å². The lowest BCUT2D eigenvalue weighted by atomic mass is 9.62. The molecule has 2 aromatic heterocycles. The summed E-state index contributed by atoms with van der Waals surface area (Å²) in [6.45, 7) is 4.86. The van der Waals surface area contributed by atoms with Crippen molar-refractivity contribution in [1.29, 1.82) is 0 Å². The van der Waals surface area contributed by atoms with E-state index in [1.54, 1.807) is 4.90 Å². The Morgan fingerprint density at radius 1 is 1.10 bits per heavy atom. The summed E-state index contributed by atoms with van der Waals surface area (Å²) < 4.78 is 44.8. The summed E-state index contributed by atoms with van der Waals surface area (Å²) in [5.41, 5.74) is -1.60. The standard InChI is InChI=1S/C33H39Cl2F3N8O4.ClH/c1-31(35)16-32(17-31,19-47)18-46-15-23(26(42-46)33(36,37)38)25-14-40-27(43(25)2)28(48)41-21-3-4-22(24(34)13-21)30(50)45-11-9-44(10-12-45)29(49)20-5-7-39-8-6-20;/h3-4,13-15,20,39,47H,5-12,16-19H2,1-2H3,(H,41,48);1H. The Morgan fingerprint density at radius 2 is 1.75 bits per heavy atom. The van der Waals surface area contributed by atoms with Crippen LogP contribution < -0.4 is 10.6 Å². The first-order chi connectivity index (χ1) is 23.6. The van der Waals surface area contributed by atoms with E-state index >= 15 is 0 Å². The number of hydrogen-bond donors (Lipinski definition) is 3. The minimum atomic E-state index is -4.80. The van der Waals surface area contributed by atoms with Crippen molar-refractivity contribution in [1.82, 2.24) is 34.4 Å². The van der Waals surface area contributed by atoms with E-state index < -0.39 is 28.1 Å². The predicted molar refractivity (Wildman–Crippen MR) is 187 cm³/mol. The quantitative estimate of drug-likeness (QED) is 0.283. The number of halogens is 6. The molecule has 51 heavy (non-hydrogen) atoms. The van der Waals surface area contributed by atoms with Crippen LogP contribution in [-0.2, 0) is 24.6 Å². The van der Waals surface area contributed by atoms with Crippen LogP contribution in [0.15, 0.2) is 30.6 Å². The molecule has 3 amide bonds. The first-order valence-electron chi connectivity index (χ1n) is 16.5. The van der Waals surface area contributed by atoms with E-state index in [1.807, 2.05) is 11.8 Å². The maximum atomic E-state index is 14.1. The topological polar surface area (TPSA) is 138 Å². The number of carbonyl (C=O) groups is 3. The van der Waals surface area contributed by atoms with Gasteiger partial charge < -0.3 is 30.1 Å². The number of piperidine rings is 1. The third-order valence-corrected chi connectivity index (χ3v) is 10.4. The second kappa shape index (κ2) is 14.9. The van der Waals surface area contributed by atoms with Gasteiger partial charge in [0.1, 0.15) is 0 Å². The SMILES string of the molecule is Cl.Cn1c(-c2cn(CC3(CO)CC(C)(Cl)C3)nc2C(F)(F)F)cnc1C(=O)Nc1ccc(C(=O)N2CCN(C(=O)C3CCNCC3)CC2)c(Cl)c1. The van der Waals surface area contributed by atoms with Gasteiger partial charge in [0.05, 0.1) is 34.6 Å². The number of hydrogen-bond acceptors (Lipinski definition) is 7. The molecule has 6 rings (SSSR count). The molecule has 3 aromatic rings. The van der Waals surface area contributed by atoms with Gasteiger partial charge in [-0.2, -0.15) is 18.3 Å². The second-order valence-corrected chi connectivity index (χ2v) is 15.1. The van der Waals surface area contributed by atoms with Crippen molar-refractivity contribution in [3.05, 3.63) is 52.7 Å². The maximum absolute atomic E-state index is 14.1. The number of nitrogens with zero attached hydrogens (tertiary/aromatic N) is 6. The molecule has 0 unspecified atom stereocenters. The Morgan fingerprint density at radius 3 is 2.33 bits per heavy atom. The lowest BCUT2D eigenvalue weighted by molar-refractivity contribution is -0.141. The van der Waals surface area contributed by atoms with E-state index in [0.29, 0.717) is 39.0 Å². The van der Waals surface area contributed by atoms with Gasteiger partial charge in [-0.3, -0.25) is 19.1 Å². The smallest absolute Gasteiger partial charge is 0.396 e. The highest BCUT2D eigenvalue weighted by Gasteiger charge is 2.51. The molecule has 0 bridgehead atoms. The summed E-state index contributed by atoms with van der Waals surface area (Å²) in [6.07, 6.45) is 0.0673. The van der Waals surface area contributed by atoms with Crippen molar-refractivity contribution < 1.29 is 32.7 Å². The highest BCUT2D eigenvalue weighted by molar-refractivity contribution is 6.34. The molecule has 18 heteroatoms. The molecule has 3 aliphatic rings. The number of anilines is 1. The fourth-order valence-corrected chi connectivity index (χ4v) is 8.31. The van der Waals surface area contributed by atoms with E-state index in [9.17, 15) is 32.7 Å². The Balaban J connectivity index is 0.00000504. The van der Waals surface area contributed by atoms with Crippen LogP contribution in [-0.4, -0.2) is 103 Å². The zero-order valence-electron chi connectivity index (χ0n) is 28.1. The number of benzene rings is 1. The molecule has 1 aliphatic carbocycles. The molecule has 0 atom stereocenters. The average Bonchev–Trinajstić information content (AvgIpc) is 3.67. The Bertz CT molecular complexity index is 1770. The van der Waals surface area contributed by atoms with Crippen LogP contribution in [0.1, 0.15) is 59.3 Å². The van der Waals surface area contributed by atoms with Crippen LogP contribution in [0.4, 0.5) is 18.9 Å². The van der Waals surface area contributed by atoms with E-state index in [2.05, 4.69) is 20.7 Å². The Kier molecular flexibility index (Phi) is 11.4. The molecule has 2 aliphatic heterocycles. The van der Waals surface area contributed by atoms with E-state index in [4.69, 9.17) is 23.2 Å². The van der Waals surface area contributed by atoms with E-state index in [0.717, 1.165) is 30.6 Å². The Hall–Kier alpha value is -3.37. The number of rotatable bonds is 8. The van der Waals surface area contributed by atoms with Gasteiger partial charge in [-0.05, 0) is 63.9 Å². The summed E-state index contributed by atoms with van der Waals surface area (Å²) in [7, 11) is 1.42. The molecular weight excluding hydrogens is 736 g/mol. The summed E-state index contributed by atoms with van der Waals surface area (Å²) in [4.78, 5) is 46.5. The normalized spacial score (nSPS) is 22.7. The van der Waals surface area contributed by atoms with Gasteiger partial charge in [0.25, 0.3) is 11.8 Å². The number of aliphatic hydroxyl groups excluding tert-OH is 1. The van der Waals surface area contributed by atoms with E-state index in [-0.39, 0.29) is 76.6 Å². The van der Waals surface area contributed by atoms with Crippen LogP contribution in [0.2, 0.25) is 5.02 Å². The monoisotopic (exact) mass is 774 g/mol. The van der Waals surface area contributed by atoms with Crippen LogP contribution in [0.3, 0.4) is 0 Å². The fourth-order valence-electron chi connectivity index (χ4n) is 7.48. The van der Waals surface area contributed by atoms with Gasteiger partial charge in [-0.25, -0.2) is 4.98 Å². The van der Waals surface area contributed by atoms with Crippen LogP contribution in [0, 0.1) is 11.3 Å². The number of amides is 3. The van der Waals surface area contributed by atoms with Gasteiger partial charge in [0, 0.05) is 67.9 Å². The first kappa shape index (κ1) is 38.9. The number of carbonyl (C=O) groups excluding carboxylic acids is 3. The highest BCUT2D eigenvalue weighted by Crippen LogP contribution is 2.53. The third kappa shape index (κ3) is 8.17. The van der Waals surface area contributed by atoms with Gasteiger partial charge in [-0.1, -0.05) is 11.6 Å². The number of imidazole rings is 1. The summed E-state index contributed by atoms with van der Waals surface area (Å²) in [5, 5.41) is 19.8. The zero-order valence-corrected chi connectivity index (χ0v) is 30.4. The van der Waals surface area contributed by atoms with Crippen molar-refractivity contribution in [2.75, 3.05) is 51.2 Å². The molecule has 4 heterocycles. The largest absolute Gasteiger partial charge is 0.435 e. The van der Waals surface area contributed by atoms with Gasteiger partial charge in [0.2, 0.25) is 5.91 Å². The van der Waals surface area contributed by atoms with Crippen molar-refractivity contribution in [2.24, 2.45) is 18.4 Å². The van der Waals surface area contributed by atoms with Crippen molar-refractivity contribution in [3.63, 3.8) is 0 Å². The molecule has 2 saturated heterocycles. The van der Waals surface area contributed by atoms with Crippen LogP contribution in [0.25, 0.3) is 11.3 Å². The summed E-state index contributed by atoms with van der Waals surface area (Å²) in [6, 6.07) is 4.42. The molecule has 1 saturated carbocycles. The second-order valence-electron chi connectivity index (χ2n) is 13.8. The fraction of sp³-hybridized carbons (Fsp3) is 0.545. The van der Waals surface area contributed by atoms with Gasteiger partial charge in [-0.15, -0.1) is 24.0 Å². The third-order valence-electron chi connectivity index (χ3n) is 9.84. The number of aliphatic hydroxyl groups is 1. The first-order valence-corrected chi connectivity index (χ1v) is 17.2. The Labute approximate surface area is 309 Å². The van der Waals surface area contributed by atoms with Crippen molar-refractivity contribution in [3.8, 4) is 11.3 Å². The summed E-state index contributed by atoms with van der Waals surface area (Å²) >= 11 is 12.8. The molecule has 12 nitrogen and oxygen atoms in total. The molecule has 0 spiro atoms. The molecular formula is C33H40Cl3F3N8O4. The molecule has 3 fully saturated rings. The summed E-state index contributed by atoms with van der Waals surface area (Å²) in [5.74, 6) is -1.03. The molecule has 1 aromatic carbocycles. The average molecular weight is 776 g/mol. The van der Waals surface area contributed by atoms with Gasteiger partial charge in [0.15, 0.2) is 11.5 Å². The molecule has 278 valence electrons. The van der Waals surface area contributed by atoms with Gasteiger partial charge >= 0.3 is 6.18 Å².